The standard InChI is InChI=1S/C19H18ClFO4/c20-19(21)17(24-12-15-9-5-2-6-10-15)16(25-18(19)22)13-23-11-14-7-3-1-4-8-14/h1-10,16-17H,11-13H2. The van der Waals surface area contributed by atoms with E-state index in [4.69, 9.17) is 25.8 Å². The molecule has 1 heterocycles. The number of ether oxygens (including phenoxy) is 3. The van der Waals surface area contributed by atoms with Crippen LogP contribution in [-0.2, 0) is 32.2 Å². The molecule has 0 spiro atoms. The van der Waals surface area contributed by atoms with E-state index in [1.807, 2.05) is 60.7 Å². The smallest absolute Gasteiger partial charge is 0.363 e. The molecule has 0 aromatic heterocycles. The van der Waals surface area contributed by atoms with Crippen LogP contribution in [0.25, 0.3) is 0 Å². The van der Waals surface area contributed by atoms with E-state index in [1.54, 1.807) is 0 Å². The third-order valence-corrected chi connectivity index (χ3v) is 4.26. The zero-order valence-electron chi connectivity index (χ0n) is 13.4. The molecule has 0 saturated carbocycles. The van der Waals surface area contributed by atoms with E-state index in [2.05, 4.69) is 0 Å². The lowest BCUT2D eigenvalue weighted by atomic mass is 10.1. The first-order valence-electron chi connectivity index (χ1n) is 7.93. The highest BCUT2D eigenvalue weighted by atomic mass is 35.5. The summed E-state index contributed by atoms with van der Waals surface area (Å²) in [5, 5.41) is -2.71. The van der Waals surface area contributed by atoms with Crippen LogP contribution in [0, 0.1) is 0 Å². The number of carbonyl (C=O) groups excluding carboxylic acids is 1. The van der Waals surface area contributed by atoms with E-state index in [1.165, 1.54) is 0 Å². The Morgan fingerprint density at radius 3 is 2.16 bits per heavy atom. The predicted octanol–water partition coefficient (Wildman–Crippen LogP) is 3.62. The maximum atomic E-state index is 14.5. The van der Waals surface area contributed by atoms with E-state index >= 15 is 0 Å². The number of hydrogen-bond acceptors (Lipinski definition) is 4. The molecule has 1 aliphatic heterocycles. The second-order valence-corrected chi connectivity index (χ2v) is 6.33. The van der Waals surface area contributed by atoms with Crippen molar-refractivity contribution in [3.8, 4) is 0 Å². The van der Waals surface area contributed by atoms with Crippen molar-refractivity contribution in [2.45, 2.75) is 30.5 Å². The molecular weight excluding hydrogens is 347 g/mol. The molecule has 0 radical (unpaired) electrons. The lowest BCUT2D eigenvalue weighted by Crippen LogP contribution is -2.40. The fourth-order valence-corrected chi connectivity index (χ4v) is 2.84. The Labute approximate surface area is 150 Å². The minimum atomic E-state index is -2.71. The van der Waals surface area contributed by atoms with Crippen LogP contribution in [0.4, 0.5) is 4.39 Å². The first kappa shape index (κ1) is 17.9. The molecule has 0 amide bonds. The van der Waals surface area contributed by atoms with Crippen molar-refractivity contribution < 1.29 is 23.4 Å². The number of cyclic esters (lactones) is 1. The Hall–Kier alpha value is -1.95. The van der Waals surface area contributed by atoms with Gasteiger partial charge >= 0.3 is 11.1 Å². The van der Waals surface area contributed by atoms with E-state index in [0.717, 1.165) is 11.1 Å². The van der Waals surface area contributed by atoms with E-state index in [9.17, 15) is 9.18 Å². The first-order valence-corrected chi connectivity index (χ1v) is 8.31. The Bertz CT molecular complexity index is 693. The highest BCUT2D eigenvalue weighted by Gasteiger charge is 2.59. The SMILES string of the molecule is O=C1OC(COCc2ccccc2)C(OCc2ccccc2)C1(F)Cl. The molecule has 1 fully saturated rings. The van der Waals surface area contributed by atoms with Gasteiger partial charge in [0.25, 0.3) is 0 Å². The number of rotatable bonds is 7. The van der Waals surface area contributed by atoms with Crippen LogP contribution >= 0.6 is 11.6 Å². The van der Waals surface area contributed by atoms with Gasteiger partial charge in [-0.05, 0) is 11.1 Å². The van der Waals surface area contributed by atoms with E-state index in [0.29, 0.717) is 6.61 Å². The molecule has 2 aromatic carbocycles. The Balaban J connectivity index is 1.59. The molecule has 3 unspecified atom stereocenters. The first-order chi connectivity index (χ1) is 12.1. The summed E-state index contributed by atoms with van der Waals surface area (Å²) in [4.78, 5) is 11.7. The summed E-state index contributed by atoms with van der Waals surface area (Å²) in [7, 11) is 0. The summed E-state index contributed by atoms with van der Waals surface area (Å²) in [6.07, 6.45) is -2.14. The van der Waals surface area contributed by atoms with E-state index < -0.39 is 23.3 Å². The average molecular weight is 365 g/mol. The topological polar surface area (TPSA) is 44.8 Å². The quantitative estimate of drug-likeness (QED) is 0.556. The Kier molecular flexibility index (Phi) is 5.68. The Morgan fingerprint density at radius 2 is 1.56 bits per heavy atom. The third-order valence-electron chi connectivity index (χ3n) is 3.89. The van der Waals surface area contributed by atoms with Gasteiger partial charge in [-0.15, -0.1) is 0 Å². The van der Waals surface area contributed by atoms with Gasteiger partial charge in [0.2, 0.25) is 0 Å². The van der Waals surface area contributed by atoms with Gasteiger partial charge in [-0.25, -0.2) is 9.18 Å². The summed E-state index contributed by atoms with van der Waals surface area (Å²) in [6.45, 7) is 0.441. The number of esters is 1. The Morgan fingerprint density at radius 1 is 1.00 bits per heavy atom. The van der Waals surface area contributed by atoms with Crippen LogP contribution in [-0.4, -0.2) is 29.9 Å². The molecular formula is C19H18ClFO4. The maximum absolute atomic E-state index is 14.5. The van der Waals surface area contributed by atoms with Crippen molar-refractivity contribution in [2.24, 2.45) is 0 Å². The van der Waals surface area contributed by atoms with Crippen LogP contribution in [0.15, 0.2) is 60.7 Å². The van der Waals surface area contributed by atoms with Gasteiger partial charge in [0.1, 0.15) is 0 Å². The number of hydrogen-bond donors (Lipinski definition) is 0. The summed E-state index contributed by atoms with van der Waals surface area (Å²) >= 11 is 5.72. The highest BCUT2D eigenvalue weighted by molar-refractivity contribution is 6.33. The second kappa shape index (κ2) is 7.95. The van der Waals surface area contributed by atoms with Gasteiger partial charge in [-0.1, -0.05) is 72.3 Å². The molecule has 25 heavy (non-hydrogen) atoms. The highest BCUT2D eigenvalue weighted by Crippen LogP contribution is 2.37. The molecule has 6 heteroatoms. The van der Waals surface area contributed by atoms with Crippen molar-refractivity contribution in [2.75, 3.05) is 6.61 Å². The van der Waals surface area contributed by atoms with Crippen molar-refractivity contribution in [1.29, 1.82) is 0 Å². The second-order valence-electron chi connectivity index (χ2n) is 5.78. The lowest BCUT2D eigenvalue weighted by Gasteiger charge is -2.21. The summed E-state index contributed by atoms with van der Waals surface area (Å²) < 4.78 is 30.6. The van der Waals surface area contributed by atoms with Gasteiger partial charge in [-0.3, -0.25) is 0 Å². The van der Waals surface area contributed by atoms with Crippen LogP contribution < -0.4 is 0 Å². The van der Waals surface area contributed by atoms with Gasteiger partial charge in [0.05, 0.1) is 19.8 Å². The molecule has 132 valence electrons. The van der Waals surface area contributed by atoms with Crippen molar-refractivity contribution >= 4 is 17.6 Å². The van der Waals surface area contributed by atoms with Gasteiger partial charge in [0, 0.05) is 0 Å². The minimum Gasteiger partial charge on any atom is -0.454 e. The third kappa shape index (κ3) is 4.37. The summed E-state index contributed by atoms with van der Waals surface area (Å²) in [5.74, 6) is -1.14. The van der Waals surface area contributed by atoms with Crippen LogP contribution in [0.2, 0.25) is 0 Å². The normalized spacial score (nSPS) is 25.8. The minimum absolute atomic E-state index is 0.00151. The molecule has 4 nitrogen and oxygen atoms in total. The molecule has 2 aromatic rings. The molecule has 3 atom stereocenters. The summed E-state index contributed by atoms with van der Waals surface area (Å²) in [6, 6.07) is 18.7. The van der Waals surface area contributed by atoms with E-state index in [-0.39, 0.29) is 13.2 Å². The maximum Gasteiger partial charge on any atom is 0.363 e. The molecule has 0 N–H and O–H groups in total. The molecule has 0 aliphatic carbocycles. The monoisotopic (exact) mass is 364 g/mol. The lowest BCUT2D eigenvalue weighted by molar-refractivity contribution is -0.148. The van der Waals surface area contributed by atoms with Crippen molar-refractivity contribution in [1.82, 2.24) is 0 Å². The fourth-order valence-electron chi connectivity index (χ4n) is 2.59. The van der Waals surface area contributed by atoms with Crippen LogP contribution in [0.3, 0.4) is 0 Å². The molecule has 0 bridgehead atoms. The number of alkyl halides is 2. The predicted molar refractivity (Wildman–Crippen MR) is 90.7 cm³/mol. The zero-order valence-corrected chi connectivity index (χ0v) is 14.2. The van der Waals surface area contributed by atoms with Gasteiger partial charge < -0.3 is 14.2 Å². The largest absolute Gasteiger partial charge is 0.454 e. The zero-order chi connectivity index (χ0) is 17.7. The average Bonchev–Trinajstić information content (AvgIpc) is 2.84. The summed E-state index contributed by atoms with van der Waals surface area (Å²) in [5.41, 5.74) is 1.81. The van der Waals surface area contributed by atoms with Crippen molar-refractivity contribution in [3.63, 3.8) is 0 Å². The van der Waals surface area contributed by atoms with Gasteiger partial charge in [0.15, 0.2) is 12.2 Å². The van der Waals surface area contributed by atoms with Crippen LogP contribution in [0.1, 0.15) is 11.1 Å². The molecule has 1 saturated heterocycles. The van der Waals surface area contributed by atoms with Crippen molar-refractivity contribution in [3.05, 3.63) is 71.8 Å². The number of benzene rings is 2. The van der Waals surface area contributed by atoms with Crippen LogP contribution in [0.5, 0.6) is 0 Å². The fraction of sp³-hybridized carbons (Fsp3) is 0.316. The molecule has 3 rings (SSSR count). The number of halogens is 2. The van der Waals surface area contributed by atoms with Gasteiger partial charge in [-0.2, -0.15) is 0 Å². The number of carbonyl (C=O) groups is 1. The molecule has 1 aliphatic rings.